The summed E-state index contributed by atoms with van der Waals surface area (Å²) >= 11 is 0. The highest BCUT2D eigenvalue weighted by Crippen LogP contribution is 2.31. The largest absolute Gasteiger partial charge is 0.324 e. The van der Waals surface area contributed by atoms with Crippen molar-refractivity contribution in [1.82, 2.24) is 9.55 Å². The molecule has 1 aliphatic rings. The van der Waals surface area contributed by atoms with E-state index in [4.69, 9.17) is 0 Å². The maximum Gasteiger partial charge on any atom is 0.135 e. The minimum absolute atomic E-state index is 0.324. The standard InChI is InChI=1S/C14H16N2O/c1-2-14-15-12-5-3-4-6-13(12)16(14)10-7-8-11(17)9-10/h3-6,10H,2,7-9H2,1H3. The molecule has 0 bridgehead atoms. The van der Waals surface area contributed by atoms with Gasteiger partial charge in [-0.2, -0.15) is 0 Å². The molecular weight excluding hydrogens is 212 g/mol. The number of imidazole rings is 1. The van der Waals surface area contributed by atoms with Crippen LogP contribution in [-0.2, 0) is 11.2 Å². The van der Waals surface area contributed by atoms with Crippen LogP contribution < -0.4 is 0 Å². The Hall–Kier alpha value is -1.64. The van der Waals surface area contributed by atoms with Crippen molar-refractivity contribution in [3.05, 3.63) is 30.1 Å². The molecule has 3 nitrogen and oxygen atoms in total. The molecule has 0 spiro atoms. The van der Waals surface area contributed by atoms with E-state index in [1.807, 2.05) is 18.2 Å². The maximum atomic E-state index is 11.5. The van der Waals surface area contributed by atoms with Crippen molar-refractivity contribution in [2.24, 2.45) is 0 Å². The number of carbonyl (C=O) groups excluding carboxylic acids is 1. The van der Waals surface area contributed by atoms with E-state index in [1.54, 1.807) is 0 Å². The zero-order valence-corrected chi connectivity index (χ0v) is 10.0. The number of ketones is 1. The minimum atomic E-state index is 0.324. The Morgan fingerprint density at radius 3 is 2.94 bits per heavy atom. The number of aromatic nitrogens is 2. The Morgan fingerprint density at radius 1 is 1.41 bits per heavy atom. The number of Topliss-reactive ketones (excluding diaryl/α,β-unsaturated/α-hetero) is 1. The molecule has 3 rings (SSSR count). The van der Waals surface area contributed by atoms with Crippen molar-refractivity contribution < 1.29 is 4.79 Å². The predicted octanol–water partition coefficient (Wildman–Crippen LogP) is 2.89. The first-order valence-electron chi connectivity index (χ1n) is 6.27. The molecule has 0 saturated heterocycles. The topological polar surface area (TPSA) is 34.9 Å². The smallest absolute Gasteiger partial charge is 0.135 e. The van der Waals surface area contributed by atoms with Crippen molar-refractivity contribution in [2.75, 3.05) is 0 Å². The van der Waals surface area contributed by atoms with Crippen LogP contribution in [0.3, 0.4) is 0 Å². The summed E-state index contributed by atoms with van der Waals surface area (Å²) in [6.45, 7) is 2.12. The second kappa shape index (κ2) is 3.99. The summed E-state index contributed by atoms with van der Waals surface area (Å²) in [6, 6.07) is 8.52. The van der Waals surface area contributed by atoms with E-state index in [2.05, 4.69) is 22.5 Å². The third-order valence-electron chi connectivity index (χ3n) is 3.57. The van der Waals surface area contributed by atoms with Crippen molar-refractivity contribution in [3.8, 4) is 0 Å². The van der Waals surface area contributed by atoms with E-state index in [9.17, 15) is 4.79 Å². The van der Waals surface area contributed by atoms with Crippen LogP contribution in [0.1, 0.15) is 38.1 Å². The average Bonchev–Trinajstić information content (AvgIpc) is 2.91. The van der Waals surface area contributed by atoms with Crippen LogP contribution in [-0.4, -0.2) is 15.3 Å². The van der Waals surface area contributed by atoms with Crippen molar-refractivity contribution in [3.63, 3.8) is 0 Å². The summed E-state index contributed by atoms with van der Waals surface area (Å²) < 4.78 is 2.28. The van der Waals surface area contributed by atoms with Gasteiger partial charge in [0, 0.05) is 25.3 Å². The van der Waals surface area contributed by atoms with E-state index >= 15 is 0 Å². The second-order valence-electron chi connectivity index (χ2n) is 4.68. The van der Waals surface area contributed by atoms with Crippen LogP contribution in [0.2, 0.25) is 0 Å². The number of rotatable bonds is 2. The molecule has 1 heterocycles. The number of benzene rings is 1. The fourth-order valence-electron chi connectivity index (χ4n) is 2.77. The summed E-state index contributed by atoms with van der Waals surface area (Å²) in [4.78, 5) is 16.1. The number of nitrogens with zero attached hydrogens (tertiary/aromatic N) is 2. The lowest BCUT2D eigenvalue weighted by Crippen LogP contribution is -2.09. The zero-order chi connectivity index (χ0) is 11.8. The van der Waals surface area contributed by atoms with Crippen molar-refractivity contribution in [2.45, 2.75) is 38.6 Å². The molecule has 0 radical (unpaired) electrons. The molecule has 1 aromatic carbocycles. The van der Waals surface area contributed by atoms with Gasteiger partial charge >= 0.3 is 0 Å². The van der Waals surface area contributed by atoms with Crippen molar-refractivity contribution in [1.29, 1.82) is 0 Å². The molecule has 88 valence electrons. The van der Waals surface area contributed by atoms with E-state index in [0.717, 1.165) is 30.6 Å². The molecule has 17 heavy (non-hydrogen) atoms. The van der Waals surface area contributed by atoms with Gasteiger partial charge in [-0.15, -0.1) is 0 Å². The lowest BCUT2D eigenvalue weighted by atomic mass is 10.2. The van der Waals surface area contributed by atoms with Gasteiger partial charge in [0.2, 0.25) is 0 Å². The summed E-state index contributed by atoms with van der Waals surface area (Å²) in [7, 11) is 0. The molecule has 1 aliphatic carbocycles. The van der Waals surface area contributed by atoms with E-state index < -0.39 is 0 Å². The molecule has 1 aromatic heterocycles. The molecule has 0 amide bonds. The summed E-state index contributed by atoms with van der Waals surface area (Å²) in [5, 5.41) is 0. The number of fused-ring (bicyclic) bond motifs is 1. The highest BCUT2D eigenvalue weighted by molar-refractivity contribution is 5.82. The molecule has 0 N–H and O–H groups in total. The molecule has 0 aliphatic heterocycles. The van der Waals surface area contributed by atoms with Crippen molar-refractivity contribution >= 4 is 16.8 Å². The fourth-order valence-corrected chi connectivity index (χ4v) is 2.77. The molecule has 1 fully saturated rings. The molecule has 2 aromatic rings. The number of hydrogen-bond acceptors (Lipinski definition) is 2. The SMILES string of the molecule is CCc1nc2ccccc2n1C1CCC(=O)C1. The van der Waals surface area contributed by atoms with Gasteiger partial charge in [-0.1, -0.05) is 19.1 Å². The summed E-state index contributed by atoms with van der Waals surface area (Å²) in [5.74, 6) is 1.49. The first kappa shape index (κ1) is 10.5. The first-order valence-corrected chi connectivity index (χ1v) is 6.27. The van der Waals surface area contributed by atoms with Gasteiger partial charge in [0.25, 0.3) is 0 Å². The quantitative estimate of drug-likeness (QED) is 0.792. The number of carbonyl (C=O) groups is 1. The van der Waals surface area contributed by atoms with Gasteiger partial charge in [-0.3, -0.25) is 4.79 Å². The van der Waals surface area contributed by atoms with Gasteiger partial charge < -0.3 is 4.57 Å². The molecule has 1 saturated carbocycles. The van der Waals surface area contributed by atoms with Crippen LogP contribution in [0.5, 0.6) is 0 Å². The van der Waals surface area contributed by atoms with Crippen LogP contribution in [0.4, 0.5) is 0 Å². The van der Waals surface area contributed by atoms with E-state index in [0.29, 0.717) is 18.2 Å². The Kier molecular flexibility index (Phi) is 2.46. The Labute approximate surface area is 100 Å². The van der Waals surface area contributed by atoms with E-state index in [-0.39, 0.29) is 0 Å². The van der Waals surface area contributed by atoms with Gasteiger partial charge in [0.15, 0.2) is 0 Å². The molecular formula is C14H16N2O. The zero-order valence-electron chi connectivity index (χ0n) is 10.0. The number of hydrogen-bond donors (Lipinski definition) is 0. The molecule has 1 unspecified atom stereocenters. The third kappa shape index (κ3) is 1.66. The summed E-state index contributed by atoms with van der Waals surface area (Å²) in [6.07, 6.45) is 3.28. The monoisotopic (exact) mass is 228 g/mol. The number of para-hydroxylation sites is 2. The number of aryl methyl sites for hydroxylation is 1. The first-order chi connectivity index (χ1) is 8.29. The Morgan fingerprint density at radius 2 is 2.24 bits per heavy atom. The van der Waals surface area contributed by atoms with Gasteiger partial charge in [0.1, 0.15) is 11.6 Å². The minimum Gasteiger partial charge on any atom is -0.324 e. The second-order valence-corrected chi connectivity index (χ2v) is 4.68. The fraction of sp³-hybridized carbons (Fsp3) is 0.429. The lowest BCUT2D eigenvalue weighted by molar-refractivity contribution is -0.117. The molecule has 3 heteroatoms. The van der Waals surface area contributed by atoms with Gasteiger partial charge in [-0.25, -0.2) is 4.98 Å². The normalized spacial score (nSPS) is 20.3. The van der Waals surface area contributed by atoms with Crippen LogP contribution >= 0.6 is 0 Å². The maximum absolute atomic E-state index is 11.5. The van der Waals surface area contributed by atoms with Crippen LogP contribution in [0.25, 0.3) is 11.0 Å². The highest BCUT2D eigenvalue weighted by Gasteiger charge is 2.26. The van der Waals surface area contributed by atoms with Gasteiger partial charge in [0.05, 0.1) is 11.0 Å². The Balaban J connectivity index is 2.15. The molecule has 1 atom stereocenters. The van der Waals surface area contributed by atoms with Crippen LogP contribution in [0, 0.1) is 0 Å². The predicted molar refractivity (Wildman–Crippen MR) is 67.0 cm³/mol. The lowest BCUT2D eigenvalue weighted by Gasteiger charge is -2.14. The van der Waals surface area contributed by atoms with Gasteiger partial charge in [-0.05, 0) is 18.6 Å². The van der Waals surface area contributed by atoms with E-state index in [1.165, 1.54) is 5.52 Å². The van der Waals surface area contributed by atoms with Crippen LogP contribution in [0.15, 0.2) is 24.3 Å². The third-order valence-corrected chi connectivity index (χ3v) is 3.57. The average molecular weight is 228 g/mol. The summed E-state index contributed by atoms with van der Waals surface area (Å²) in [5.41, 5.74) is 2.22. The highest BCUT2D eigenvalue weighted by atomic mass is 16.1. The Bertz CT molecular complexity index is 571.